The van der Waals surface area contributed by atoms with Crippen molar-refractivity contribution in [2.75, 3.05) is 16.4 Å². The van der Waals surface area contributed by atoms with Crippen LogP contribution in [0.25, 0.3) is 0 Å². The molecule has 0 aliphatic carbocycles. The molecule has 1 atom stereocenters. The van der Waals surface area contributed by atoms with E-state index in [-0.39, 0.29) is 17.1 Å². The van der Waals surface area contributed by atoms with Gasteiger partial charge in [0.15, 0.2) is 9.84 Å². The highest BCUT2D eigenvalue weighted by Gasteiger charge is 2.33. The molecule has 2 rings (SSSR count). The number of nitrogens with one attached hydrogen (secondary N) is 2. The highest BCUT2D eigenvalue weighted by Crippen LogP contribution is 2.26. The summed E-state index contributed by atoms with van der Waals surface area (Å²) in [5.41, 5.74) is 1.74. The second-order valence-corrected chi connectivity index (χ2v) is 9.26. The van der Waals surface area contributed by atoms with Gasteiger partial charge in [-0.2, -0.15) is 0 Å². The summed E-state index contributed by atoms with van der Waals surface area (Å²) in [6.45, 7) is 3.45. The summed E-state index contributed by atoms with van der Waals surface area (Å²) in [7, 11) is -4.03. The molecule has 0 spiro atoms. The first-order chi connectivity index (χ1) is 13.1. The number of aryl methyl sites for hydroxylation is 1. The van der Waals surface area contributed by atoms with Gasteiger partial charge in [0.2, 0.25) is 11.8 Å². The van der Waals surface area contributed by atoms with Crippen LogP contribution in [0.15, 0.2) is 42.5 Å². The van der Waals surface area contributed by atoms with Gasteiger partial charge in [0.05, 0.1) is 10.7 Å². The van der Waals surface area contributed by atoms with E-state index in [0.717, 1.165) is 5.56 Å². The Morgan fingerprint density at radius 3 is 2.25 bits per heavy atom. The monoisotopic (exact) mass is 442 g/mol. The van der Waals surface area contributed by atoms with Crippen molar-refractivity contribution >= 4 is 56.2 Å². The van der Waals surface area contributed by atoms with Crippen LogP contribution in [-0.2, 0) is 19.4 Å². The summed E-state index contributed by atoms with van der Waals surface area (Å²) in [5, 5.41) is 4.19. The van der Waals surface area contributed by atoms with Gasteiger partial charge in [0, 0.05) is 10.7 Å². The van der Waals surface area contributed by atoms with Crippen molar-refractivity contribution in [1.82, 2.24) is 0 Å². The van der Waals surface area contributed by atoms with E-state index in [9.17, 15) is 18.0 Å². The van der Waals surface area contributed by atoms with Crippen molar-refractivity contribution in [3.8, 4) is 0 Å². The third-order valence-electron chi connectivity index (χ3n) is 3.95. The molecule has 2 aromatic rings. The van der Waals surface area contributed by atoms with E-state index in [1.54, 1.807) is 31.2 Å². The maximum atomic E-state index is 12.6. The first-order valence-electron chi connectivity index (χ1n) is 8.46. The molecule has 28 heavy (non-hydrogen) atoms. The molecule has 2 aromatic carbocycles. The third-order valence-corrected chi connectivity index (χ3v) is 6.58. The highest BCUT2D eigenvalue weighted by molar-refractivity contribution is 7.93. The molecule has 0 aromatic heterocycles. The lowest BCUT2D eigenvalue weighted by Gasteiger charge is -2.16. The van der Waals surface area contributed by atoms with Gasteiger partial charge in [-0.1, -0.05) is 47.8 Å². The Balaban J connectivity index is 2.08. The van der Waals surface area contributed by atoms with Crippen LogP contribution >= 0.6 is 23.2 Å². The van der Waals surface area contributed by atoms with Gasteiger partial charge in [-0.05, 0) is 43.7 Å². The van der Waals surface area contributed by atoms with E-state index in [0.29, 0.717) is 10.7 Å². The molecule has 0 saturated heterocycles. The molecule has 0 bridgehead atoms. The lowest BCUT2D eigenvalue weighted by Crippen LogP contribution is -2.39. The van der Waals surface area contributed by atoms with E-state index in [4.69, 9.17) is 23.2 Å². The van der Waals surface area contributed by atoms with Crippen LogP contribution in [-0.4, -0.2) is 31.2 Å². The smallest absolute Gasteiger partial charge is 0.242 e. The minimum absolute atomic E-state index is 0.0111. The Labute approximate surface area is 174 Å². The van der Waals surface area contributed by atoms with E-state index in [2.05, 4.69) is 10.6 Å². The zero-order chi connectivity index (χ0) is 20.9. The van der Waals surface area contributed by atoms with Crippen molar-refractivity contribution < 1.29 is 18.0 Å². The first kappa shape index (κ1) is 22.2. The second kappa shape index (κ2) is 9.41. The van der Waals surface area contributed by atoms with Crippen LogP contribution in [0.3, 0.4) is 0 Å². The summed E-state index contributed by atoms with van der Waals surface area (Å²) >= 11 is 11.8. The van der Waals surface area contributed by atoms with Crippen LogP contribution in [0.2, 0.25) is 10.0 Å². The lowest BCUT2D eigenvalue weighted by atomic mass is 10.2. The number of anilines is 2. The van der Waals surface area contributed by atoms with Crippen LogP contribution in [0, 0.1) is 6.92 Å². The molecule has 6 nitrogen and oxygen atoms in total. The highest BCUT2D eigenvalue weighted by atomic mass is 35.5. The molecule has 150 valence electrons. The molecule has 2 N–H and O–H groups in total. The average molecular weight is 443 g/mol. The number of halogens is 2. The number of hydrogen-bond donors (Lipinski definition) is 2. The largest absolute Gasteiger partial charge is 0.325 e. The second-order valence-electron chi connectivity index (χ2n) is 6.23. The quantitative estimate of drug-likeness (QED) is 0.675. The molecule has 0 aliphatic heterocycles. The Bertz CT molecular complexity index is 976. The normalized spacial score (nSPS) is 12.3. The van der Waals surface area contributed by atoms with Gasteiger partial charge >= 0.3 is 0 Å². The predicted octanol–water partition coefficient (Wildman–Crippen LogP) is 4.07. The molecule has 1 unspecified atom stereocenters. The Kier molecular flexibility index (Phi) is 7.46. The minimum atomic E-state index is -4.03. The van der Waals surface area contributed by atoms with E-state index >= 15 is 0 Å². The zero-order valence-electron chi connectivity index (χ0n) is 15.3. The molecular weight excluding hydrogens is 423 g/mol. The number of amides is 2. The zero-order valence-corrected chi connectivity index (χ0v) is 17.7. The van der Waals surface area contributed by atoms with Gasteiger partial charge in [-0.3, -0.25) is 9.59 Å². The maximum absolute atomic E-state index is 12.6. The number of rotatable bonds is 7. The van der Waals surface area contributed by atoms with Gasteiger partial charge in [-0.15, -0.1) is 0 Å². The topological polar surface area (TPSA) is 92.3 Å². The van der Waals surface area contributed by atoms with Gasteiger partial charge in [0.1, 0.15) is 11.0 Å². The van der Waals surface area contributed by atoms with E-state index in [1.807, 2.05) is 6.92 Å². The van der Waals surface area contributed by atoms with Crippen molar-refractivity contribution in [2.45, 2.75) is 25.5 Å². The minimum Gasteiger partial charge on any atom is -0.325 e. The number of sulfone groups is 1. The molecule has 0 radical (unpaired) electrons. The van der Waals surface area contributed by atoms with Crippen LogP contribution < -0.4 is 10.6 Å². The fraction of sp³-hybridized carbons (Fsp3) is 0.263. The van der Waals surface area contributed by atoms with Crippen LogP contribution in [0.4, 0.5) is 11.4 Å². The standard InChI is InChI=1S/C19H20Cl2N2O4S/c1-3-17(19(25)23-16-9-6-13(20)10-15(16)21)28(26,27)11-18(24)22-14-7-4-12(2)5-8-14/h4-10,17H,3,11H2,1-2H3,(H,22,24)(H,23,25). The summed E-state index contributed by atoms with van der Waals surface area (Å²) < 4.78 is 25.2. The number of carbonyl (C=O) groups is 2. The summed E-state index contributed by atoms with van der Waals surface area (Å²) in [4.78, 5) is 24.6. The fourth-order valence-corrected chi connectivity index (χ4v) is 4.51. The average Bonchev–Trinajstić information content (AvgIpc) is 2.59. The molecule has 0 heterocycles. The number of hydrogen-bond acceptors (Lipinski definition) is 4. The van der Waals surface area contributed by atoms with Gasteiger partial charge < -0.3 is 10.6 Å². The molecule has 0 saturated carbocycles. The SMILES string of the molecule is CCC(C(=O)Nc1ccc(Cl)cc1Cl)S(=O)(=O)CC(=O)Nc1ccc(C)cc1. The lowest BCUT2D eigenvalue weighted by molar-refractivity contribution is -0.115. The van der Waals surface area contributed by atoms with Crippen molar-refractivity contribution in [3.05, 3.63) is 58.1 Å². The van der Waals surface area contributed by atoms with Crippen molar-refractivity contribution in [2.24, 2.45) is 0 Å². The molecule has 9 heteroatoms. The third kappa shape index (κ3) is 5.95. The first-order valence-corrected chi connectivity index (χ1v) is 10.9. The van der Waals surface area contributed by atoms with Gasteiger partial charge in [0.25, 0.3) is 0 Å². The fourth-order valence-electron chi connectivity index (χ4n) is 2.52. The van der Waals surface area contributed by atoms with Crippen LogP contribution in [0.1, 0.15) is 18.9 Å². The van der Waals surface area contributed by atoms with Gasteiger partial charge in [-0.25, -0.2) is 8.42 Å². The van der Waals surface area contributed by atoms with Crippen molar-refractivity contribution in [1.29, 1.82) is 0 Å². The Morgan fingerprint density at radius 2 is 1.68 bits per heavy atom. The number of benzene rings is 2. The van der Waals surface area contributed by atoms with E-state index < -0.39 is 32.7 Å². The summed E-state index contributed by atoms with van der Waals surface area (Å²) in [5.74, 6) is -2.27. The summed E-state index contributed by atoms with van der Waals surface area (Å²) in [6.07, 6.45) is 0.0111. The number of carbonyl (C=O) groups excluding carboxylic acids is 2. The Morgan fingerprint density at radius 1 is 1.04 bits per heavy atom. The van der Waals surface area contributed by atoms with Crippen LogP contribution in [0.5, 0.6) is 0 Å². The molecular formula is C19H20Cl2N2O4S. The molecule has 2 amide bonds. The maximum Gasteiger partial charge on any atom is 0.242 e. The van der Waals surface area contributed by atoms with E-state index in [1.165, 1.54) is 18.2 Å². The molecule has 0 fully saturated rings. The molecule has 0 aliphatic rings. The summed E-state index contributed by atoms with van der Waals surface area (Å²) in [6, 6.07) is 11.4. The van der Waals surface area contributed by atoms with Crippen molar-refractivity contribution in [3.63, 3.8) is 0 Å². The predicted molar refractivity (Wildman–Crippen MR) is 113 cm³/mol. The Hall–Kier alpha value is -2.09.